The molecular formula is C37H38N2O5. The summed E-state index contributed by atoms with van der Waals surface area (Å²) in [5.41, 5.74) is 3.30. The number of carbonyl (C=O) groups is 3. The van der Waals surface area contributed by atoms with Crippen molar-refractivity contribution >= 4 is 23.2 Å². The molecule has 1 fully saturated rings. The number of benzene rings is 4. The molecule has 226 valence electrons. The van der Waals surface area contributed by atoms with Crippen LogP contribution in [0, 0.1) is 5.92 Å². The number of ether oxygens (including phenoxy) is 2. The molecular weight excluding hydrogens is 552 g/mol. The molecule has 5 rings (SSSR count). The maximum Gasteiger partial charge on any atom is 0.328 e. The SMILES string of the molecule is COC(=O)[C@H](Cc1ccc(OCCCNC(C(=O)c2ccccc2)C2CC2)cc1)Nc1ccccc1C(=O)c1ccccc1. The van der Waals surface area contributed by atoms with Crippen molar-refractivity contribution in [1.29, 1.82) is 0 Å². The zero-order chi connectivity index (χ0) is 30.7. The van der Waals surface area contributed by atoms with Crippen LogP contribution in [0.15, 0.2) is 109 Å². The fourth-order valence-corrected chi connectivity index (χ4v) is 5.24. The Kier molecular flexibility index (Phi) is 10.5. The number of esters is 1. The van der Waals surface area contributed by atoms with Crippen molar-refractivity contribution in [2.75, 3.05) is 25.6 Å². The van der Waals surface area contributed by atoms with Gasteiger partial charge in [0.1, 0.15) is 11.8 Å². The number of Topliss-reactive ketones (excluding diaryl/α,β-unsaturated/α-hetero) is 1. The highest BCUT2D eigenvalue weighted by Gasteiger charge is 2.36. The summed E-state index contributed by atoms with van der Waals surface area (Å²) in [5.74, 6) is 0.761. The van der Waals surface area contributed by atoms with Gasteiger partial charge in [0.25, 0.3) is 0 Å². The van der Waals surface area contributed by atoms with E-state index in [1.165, 1.54) is 7.11 Å². The topological polar surface area (TPSA) is 93.7 Å². The monoisotopic (exact) mass is 590 g/mol. The summed E-state index contributed by atoms with van der Waals surface area (Å²) in [6.07, 6.45) is 3.30. The summed E-state index contributed by atoms with van der Waals surface area (Å²) in [6.45, 7) is 1.21. The van der Waals surface area contributed by atoms with Gasteiger partial charge in [0.05, 0.1) is 19.8 Å². The minimum Gasteiger partial charge on any atom is -0.494 e. The number of hydrogen-bond acceptors (Lipinski definition) is 7. The summed E-state index contributed by atoms with van der Waals surface area (Å²) < 4.78 is 11.0. The summed E-state index contributed by atoms with van der Waals surface area (Å²) in [6, 6.07) is 32.5. The Morgan fingerprint density at radius 2 is 1.43 bits per heavy atom. The minimum atomic E-state index is -0.694. The maximum absolute atomic E-state index is 13.2. The Labute approximate surface area is 258 Å². The van der Waals surface area contributed by atoms with E-state index in [9.17, 15) is 14.4 Å². The molecule has 44 heavy (non-hydrogen) atoms. The molecule has 0 saturated heterocycles. The van der Waals surface area contributed by atoms with E-state index in [-0.39, 0.29) is 17.6 Å². The summed E-state index contributed by atoms with van der Waals surface area (Å²) in [4.78, 5) is 38.9. The second kappa shape index (κ2) is 15.1. The van der Waals surface area contributed by atoms with E-state index < -0.39 is 12.0 Å². The second-order valence-electron chi connectivity index (χ2n) is 11.0. The van der Waals surface area contributed by atoms with Crippen LogP contribution in [0.25, 0.3) is 0 Å². The van der Waals surface area contributed by atoms with Gasteiger partial charge in [-0.15, -0.1) is 0 Å². The molecule has 1 unspecified atom stereocenters. The number of anilines is 1. The van der Waals surface area contributed by atoms with Crippen LogP contribution in [0.5, 0.6) is 5.75 Å². The largest absolute Gasteiger partial charge is 0.494 e. The zero-order valence-electron chi connectivity index (χ0n) is 24.9. The number of para-hydroxylation sites is 1. The predicted octanol–water partition coefficient (Wildman–Crippen LogP) is 6.13. The number of nitrogens with one attached hydrogen (secondary N) is 2. The number of carbonyl (C=O) groups excluding carboxylic acids is 3. The molecule has 1 aliphatic carbocycles. The van der Waals surface area contributed by atoms with Crippen molar-refractivity contribution in [3.05, 3.63) is 131 Å². The quantitative estimate of drug-likeness (QED) is 0.0921. The summed E-state index contributed by atoms with van der Waals surface area (Å²) >= 11 is 0. The maximum atomic E-state index is 13.2. The molecule has 1 saturated carbocycles. The van der Waals surface area contributed by atoms with E-state index in [1.807, 2.05) is 78.9 Å². The Hall–Kier alpha value is -4.75. The average molecular weight is 591 g/mol. The molecule has 1 aliphatic rings. The second-order valence-corrected chi connectivity index (χ2v) is 11.0. The van der Waals surface area contributed by atoms with E-state index in [0.29, 0.717) is 42.3 Å². The molecule has 0 amide bonds. The van der Waals surface area contributed by atoms with Crippen LogP contribution in [0.1, 0.15) is 51.1 Å². The van der Waals surface area contributed by atoms with Gasteiger partial charge in [0.15, 0.2) is 11.6 Å². The highest BCUT2D eigenvalue weighted by Crippen LogP contribution is 2.34. The lowest BCUT2D eigenvalue weighted by Crippen LogP contribution is -2.39. The smallest absolute Gasteiger partial charge is 0.328 e. The molecule has 4 aromatic carbocycles. The number of rotatable bonds is 16. The van der Waals surface area contributed by atoms with Crippen molar-refractivity contribution in [2.45, 2.75) is 37.8 Å². The third kappa shape index (κ3) is 8.20. The van der Waals surface area contributed by atoms with E-state index in [1.54, 1.807) is 30.3 Å². The first kappa shape index (κ1) is 30.7. The Morgan fingerprint density at radius 1 is 0.795 bits per heavy atom. The average Bonchev–Trinajstić information content (AvgIpc) is 3.92. The summed E-state index contributed by atoms with van der Waals surface area (Å²) in [7, 11) is 1.36. The van der Waals surface area contributed by atoms with Gasteiger partial charge in [-0.25, -0.2) is 4.79 Å². The molecule has 2 N–H and O–H groups in total. The first-order valence-corrected chi connectivity index (χ1v) is 15.1. The molecule has 0 heterocycles. The normalized spacial score (nSPS) is 13.8. The van der Waals surface area contributed by atoms with E-state index in [0.717, 1.165) is 36.1 Å². The highest BCUT2D eigenvalue weighted by molar-refractivity contribution is 6.12. The molecule has 0 radical (unpaired) electrons. The first-order chi connectivity index (χ1) is 21.5. The van der Waals surface area contributed by atoms with Gasteiger partial charge in [-0.2, -0.15) is 0 Å². The van der Waals surface area contributed by atoms with E-state index in [2.05, 4.69) is 10.6 Å². The van der Waals surface area contributed by atoms with E-state index in [4.69, 9.17) is 9.47 Å². The van der Waals surface area contributed by atoms with Gasteiger partial charge in [-0.1, -0.05) is 84.9 Å². The van der Waals surface area contributed by atoms with Crippen LogP contribution < -0.4 is 15.4 Å². The molecule has 0 aromatic heterocycles. The van der Waals surface area contributed by atoms with Crippen LogP contribution in [0.3, 0.4) is 0 Å². The molecule has 7 heteroatoms. The fraction of sp³-hybridized carbons (Fsp3) is 0.270. The van der Waals surface area contributed by atoms with Crippen LogP contribution in [0.2, 0.25) is 0 Å². The third-order valence-electron chi connectivity index (χ3n) is 7.77. The van der Waals surface area contributed by atoms with Crippen LogP contribution in [-0.4, -0.2) is 49.9 Å². The van der Waals surface area contributed by atoms with Gasteiger partial charge in [0, 0.05) is 28.8 Å². The number of methoxy groups -OCH3 is 1. The predicted molar refractivity (Wildman–Crippen MR) is 171 cm³/mol. The Balaban J connectivity index is 1.13. The van der Waals surface area contributed by atoms with Gasteiger partial charge < -0.3 is 20.1 Å². The molecule has 0 aliphatic heterocycles. The van der Waals surface area contributed by atoms with E-state index >= 15 is 0 Å². The van der Waals surface area contributed by atoms with Gasteiger partial charge in [0.2, 0.25) is 0 Å². The van der Waals surface area contributed by atoms with Gasteiger partial charge in [-0.3, -0.25) is 9.59 Å². The molecule has 2 atom stereocenters. The van der Waals surface area contributed by atoms with Crippen molar-refractivity contribution < 1.29 is 23.9 Å². The minimum absolute atomic E-state index is 0.125. The Bertz CT molecular complexity index is 1540. The lowest BCUT2D eigenvalue weighted by atomic mass is 10.00. The van der Waals surface area contributed by atoms with Crippen LogP contribution in [-0.2, 0) is 16.0 Å². The van der Waals surface area contributed by atoms with Crippen LogP contribution in [0.4, 0.5) is 5.69 Å². The Morgan fingerprint density at radius 3 is 2.09 bits per heavy atom. The fourth-order valence-electron chi connectivity index (χ4n) is 5.24. The standard InChI is InChI=1S/C37H38N2O5/c1-43-37(42)33(39-32-16-9-8-15-31(32)35(40)28-11-4-2-5-12-28)25-26-17-21-30(22-18-26)44-24-10-23-38-34(27-19-20-27)36(41)29-13-6-3-7-14-29/h2-9,11-18,21-22,27,33-34,38-39H,10,19-20,23-25H2,1H3/t33-,34?/m0/s1. The molecule has 0 spiro atoms. The molecule has 0 bridgehead atoms. The first-order valence-electron chi connectivity index (χ1n) is 15.1. The van der Waals surface area contributed by atoms with Crippen molar-refractivity contribution in [1.82, 2.24) is 5.32 Å². The van der Waals surface area contributed by atoms with Crippen molar-refractivity contribution in [3.63, 3.8) is 0 Å². The van der Waals surface area contributed by atoms with Crippen LogP contribution >= 0.6 is 0 Å². The number of ketones is 2. The molecule has 4 aromatic rings. The molecule has 7 nitrogen and oxygen atoms in total. The highest BCUT2D eigenvalue weighted by atomic mass is 16.5. The van der Waals surface area contributed by atoms with Gasteiger partial charge >= 0.3 is 5.97 Å². The lowest BCUT2D eigenvalue weighted by Gasteiger charge is -2.20. The summed E-state index contributed by atoms with van der Waals surface area (Å²) in [5, 5.41) is 6.69. The number of hydrogen-bond donors (Lipinski definition) is 2. The lowest BCUT2D eigenvalue weighted by molar-refractivity contribution is -0.141. The third-order valence-corrected chi connectivity index (χ3v) is 7.77. The van der Waals surface area contributed by atoms with Crippen molar-refractivity contribution in [2.24, 2.45) is 5.92 Å². The van der Waals surface area contributed by atoms with Crippen molar-refractivity contribution in [3.8, 4) is 5.75 Å². The zero-order valence-corrected chi connectivity index (χ0v) is 24.9. The van der Waals surface area contributed by atoms with Gasteiger partial charge in [-0.05, 0) is 61.6 Å².